The van der Waals surface area contributed by atoms with Crippen LogP contribution in [0.4, 0.5) is 5.69 Å². The van der Waals surface area contributed by atoms with Gasteiger partial charge in [0.1, 0.15) is 5.75 Å². The van der Waals surface area contributed by atoms with E-state index in [-0.39, 0.29) is 5.91 Å². The SMILES string of the molecule is COCc1cccc(NC(=O)c2ccc(C)c(OC)c2)c1. The van der Waals surface area contributed by atoms with E-state index < -0.39 is 0 Å². The van der Waals surface area contributed by atoms with E-state index in [0.29, 0.717) is 17.9 Å². The lowest BCUT2D eigenvalue weighted by atomic mass is 10.1. The van der Waals surface area contributed by atoms with E-state index >= 15 is 0 Å². The lowest BCUT2D eigenvalue weighted by Gasteiger charge is -2.09. The van der Waals surface area contributed by atoms with Gasteiger partial charge in [0, 0.05) is 18.4 Å². The van der Waals surface area contributed by atoms with Crippen LogP contribution < -0.4 is 10.1 Å². The summed E-state index contributed by atoms with van der Waals surface area (Å²) in [5.41, 5.74) is 3.32. The molecule has 21 heavy (non-hydrogen) atoms. The average Bonchev–Trinajstić information content (AvgIpc) is 2.48. The zero-order chi connectivity index (χ0) is 15.2. The zero-order valence-corrected chi connectivity index (χ0v) is 12.5. The van der Waals surface area contributed by atoms with E-state index in [2.05, 4.69) is 5.32 Å². The van der Waals surface area contributed by atoms with Crippen molar-refractivity contribution < 1.29 is 14.3 Å². The number of methoxy groups -OCH3 is 2. The number of benzene rings is 2. The third kappa shape index (κ3) is 3.83. The molecule has 2 rings (SSSR count). The largest absolute Gasteiger partial charge is 0.496 e. The Morgan fingerprint density at radius 2 is 1.95 bits per heavy atom. The maximum atomic E-state index is 12.3. The molecule has 0 heterocycles. The minimum Gasteiger partial charge on any atom is -0.496 e. The molecule has 0 atom stereocenters. The first kappa shape index (κ1) is 15.1. The first-order valence-electron chi connectivity index (χ1n) is 6.68. The number of nitrogens with one attached hydrogen (secondary N) is 1. The molecule has 1 N–H and O–H groups in total. The molecule has 0 spiro atoms. The first-order valence-corrected chi connectivity index (χ1v) is 6.68. The highest BCUT2D eigenvalue weighted by atomic mass is 16.5. The number of hydrogen-bond acceptors (Lipinski definition) is 3. The number of aryl methyl sites for hydroxylation is 1. The molecule has 0 aromatic heterocycles. The Hall–Kier alpha value is -2.33. The van der Waals surface area contributed by atoms with Crippen LogP contribution in [-0.2, 0) is 11.3 Å². The van der Waals surface area contributed by atoms with Gasteiger partial charge in [-0.3, -0.25) is 4.79 Å². The van der Waals surface area contributed by atoms with Gasteiger partial charge in [0.05, 0.1) is 13.7 Å². The molecule has 4 heteroatoms. The lowest BCUT2D eigenvalue weighted by molar-refractivity contribution is 0.102. The second kappa shape index (κ2) is 6.90. The molecule has 0 unspecified atom stereocenters. The Morgan fingerprint density at radius 1 is 1.14 bits per heavy atom. The van der Waals surface area contributed by atoms with Gasteiger partial charge in [-0.2, -0.15) is 0 Å². The van der Waals surface area contributed by atoms with Gasteiger partial charge in [-0.25, -0.2) is 0 Å². The number of carbonyl (C=O) groups is 1. The van der Waals surface area contributed by atoms with Gasteiger partial charge in [0.25, 0.3) is 5.91 Å². The Balaban J connectivity index is 2.16. The second-order valence-corrected chi connectivity index (χ2v) is 4.77. The first-order chi connectivity index (χ1) is 10.1. The van der Waals surface area contributed by atoms with Crippen LogP contribution in [0.2, 0.25) is 0 Å². The fraction of sp³-hybridized carbons (Fsp3) is 0.235. The highest BCUT2D eigenvalue weighted by molar-refractivity contribution is 6.04. The van der Waals surface area contributed by atoms with E-state index in [4.69, 9.17) is 9.47 Å². The van der Waals surface area contributed by atoms with Crippen molar-refractivity contribution in [3.63, 3.8) is 0 Å². The molecule has 2 aromatic carbocycles. The summed E-state index contributed by atoms with van der Waals surface area (Å²) in [5, 5.41) is 2.88. The van der Waals surface area contributed by atoms with Crippen LogP contribution in [0.3, 0.4) is 0 Å². The normalized spacial score (nSPS) is 10.2. The van der Waals surface area contributed by atoms with Gasteiger partial charge in [-0.1, -0.05) is 18.2 Å². The monoisotopic (exact) mass is 285 g/mol. The fourth-order valence-corrected chi connectivity index (χ4v) is 2.07. The molecule has 110 valence electrons. The minimum atomic E-state index is -0.164. The van der Waals surface area contributed by atoms with Crippen molar-refractivity contribution in [2.45, 2.75) is 13.5 Å². The lowest BCUT2D eigenvalue weighted by Crippen LogP contribution is -2.12. The van der Waals surface area contributed by atoms with Crippen molar-refractivity contribution in [2.75, 3.05) is 19.5 Å². The van der Waals surface area contributed by atoms with Crippen LogP contribution in [0.5, 0.6) is 5.75 Å². The maximum absolute atomic E-state index is 12.3. The summed E-state index contributed by atoms with van der Waals surface area (Å²) in [6, 6.07) is 13.0. The van der Waals surface area contributed by atoms with Crippen molar-refractivity contribution in [3.05, 3.63) is 59.2 Å². The number of amides is 1. The molecule has 4 nitrogen and oxygen atoms in total. The number of carbonyl (C=O) groups excluding carboxylic acids is 1. The fourth-order valence-electron chi connectivity index (χ4n) is 2.07. The van der Waals surface area contributed by atoms with E-state index in [1.165, 1.54) is 0 Å². The van der Waals surface area contributed by atoms with E-state index in [0.717, 1.165) is 16.8 Å². The Labute approximate surface area is 124 Å². The van der Waals surface area contributed by atoms with Crippen molar-refractivity contribution in [1.82, 2.24) is 0 Å². The number of hydrogen-bond donors (Lipinski definition) is 1. The molecular formula is C17H19NO3. The van der Waals surface area contributed by atoms with Crippen molar-refractivity contribution in [2.24, 2.45) is 0 Å². The van der Waals surface area contributed by atoms with Gasteiger partial charge in [0.2, 0.25) is 0 Å². The van der Waals surface area contributed by atoms with E-state index in [1.807, 2.05) is 37.3 Å². The molecule has 0 aliphatic heterocycles. The van der Waals surface area contributed by atoms with Crippen LogP contribution in [0.15, 0.2) is 42.5 Å². The van der Waals surface area contributed by atoms with Gasteiger partial charge in [-0.15, -0.1) is 0 Å². The van der Waals surface area contributed by atoms with Crippen LogP contribution >= 0.6 is 0 Å². The third-order valence-electron chi connectivity index (χ3n) is 3.17. The standard InChI is InChI=1S/C17H19NO3/c1-12-7-8-14(10-16(12)21-3)17(19)18-15-6-4-5-13(9-15)11-20-2/h4-10H,11H2,1-3H3,(H,18,19). The number of rotatable bonds is 5. The van der Waals surface area contributed by atoms with Gasteiger partial charge < -0.3 is 14.8 Å². The third-order valence-corrected chi connectivity index (χ3v) is 3.17. The minimum absolute atomic E-state index is 0.164. The molecule has 0 saturated carbocycles. The summed E-state index contributed by atoms with van der Waals surface area (Å²) in [6.45, 7) is 2.46. The average molecular weight is 285 g/mol. The number of ether oxygens (including phenoxy) is 2. The predicted molar refractivity (Wildman–Crippen MR) is 82.8 cm³/mol. The molecule has 0 saturated heterocycles. The molecule has 2 aromatic rings. The second-order valence-electron chi connectivity index (χ2n) is 4.77. The topological polar surface area (TPSA) is 47.6 Å². The molecule has 0 fully saturated rings. The summed E-state index contributed by atoms with van der Waals surface area (Å²) >= 11 is 0. The summed E-state index contributed by atoms with van der Waals surface area (Å²) < 4.78 is 10.3. The molecule has 0 radical (unpaired) electrons. The zero-order valence-electron chi connectivity index (χ0n) is 12.5. The van der Waals surface area contributed by atoms with Crippen LogP contribution in [0, 0.1) is 6.92 Å². The Kier molecular flexibility index (Phi) is 4.95. The molecule has 0 aliphatic rings. The molecular weight excluding hydrogens is 266 g/mol. The quantitative estimate of drug-likeness (QED) is 0.916. The summed E-state index contributed by atoms with van der Waals surface area (Å²) in [5.74, 6) is 0.540. The Bertz CT molecular complexity index is 638. The smallest absolute Gasteiger partial charge is 0.255 e. The van der Waals surface area contributed by atoms with Crippen molar-refractivity contribution in [3.8, 4) is 5.75 Å². The van der Waals surface area contributed by atoms with Crippen LogP contribution in [0.25, 0.3) is 0 Å². The van der Waals surface area contributed by atoms with Gasteiger partial charge in [-0.05, 0) is 42.3 Å². The summed E-state index contributed by atoms with van der Waals surface area (Å²) in [7, 11) is 3.24. The van der Waals surface area contributed by atoms with E-state index in [9.17, 15) is 4.79 Å². The van der Waals surface area contributed by atoms with Gasteiger partial charge in [0.15, 0.2) is 0 Å². The van der Waals surface area contributed by atoms with Crippen LogP contribution in [0.1, 0.15) is 21.5 Å². The highest BCUT2D eigenvalue weighted by Gasteiger charge is 2.09. The Morgan fingerprint density at radius 3 is 2.67 bits per heavy atom. The molecule has 0 bridgehead atoms. The summed E-state index contributed by atoms with van der Waals surface area (Å²) in [4.78, 5) is 12.3. The molecule has 1 amide bonds. The van der Waals surface area contributed by atoms with E-state index in [1.54, 1.807) is 26.4 Å². The highest BCUT2D eigenvalue weighted by Crippen LogP contribution is 2.20. The predicted octanol–water partition coefficient (Wildman–Crippen LogP) is 3.40. The summed E-state index contributed by atoms with van der Waals surface area (Å²) in [6.07, 6.45) is 0. The molecule has 0 aliphatic carbocycles. The van der Waals surface area contributed by atoms with Crippen LogP contribution in [-0.4, -0.2) is 20.1 Å². The maximum Gasteiger partial charge on any atom is 0.255 e. The van der Waals surface area contributed by atoms with Crippen molar-refractivity contribution >= 4 is 11.6 Å². The van der Waals surface area contributed by atoms with Gasteiger partial charge >= 0.3 is 0 Å². The number of anilines is 1. The van der Waals surface area contributed by atoms with Crippen molar-refractivity contribution in [1.29, 1.82) is 0 Å².